The van der Waals surface area contributed by atoms with Crippen molar-refractivity contribution in [2.45, 2.75) is 50.6 Å². The topological polar surface area (TPSA) is 0 Å². The van der Waals surface area contributed by atoms with Crippen molar-refractivity contribution in [3.05, 3.63) is 0 Å². The normalized spacial score (nSPS) is 32.5. The molecular formula is C10H17P. The molecule has 0 saturated carbocycles. The molecule has 0 spiro atoms. The van der Waals surface area contributed by atoms with Crippen LogP contribution in [0.3, 0.4) is 0 Å². The van der Waals surface area contributed by atoms with Gasteiger partial charge in [0.15, 0.2) is 0 Å². The van der Waals surface area contributed by atoms with Gasteiger partial charge in [-0.2, -0.15) is 0 Å². The Labute approximate surface area is 72.3 Å². The van der Waals surface area contributed by atoms with Gasteiger partial charge in [0.2, 0.25) is 0 Å². The fraction of sp³-hybridized carbons (Fsp3) is 0.800. The predicted molar refractivity (Wildman–Crippen MR) is 53.6 cm³/mol. The summed E-state index contributed by atoms with van der Waals surface area (Å²) < 4.78 is 0. The smallest absolute Gasteiger partial charge is 0.00970 e. The van der Waals surface area contributed by atoms with Crippen molar-refractivity contribution < 1.29 is 0 Å². The summed E-state index contributed by atoms with van der Waals surface area (Å²) in [4.78, 5) is 0. The molecular weight excluding hydrogens is 151 g/mol. The molecule has 0 N–H and O–H groups in total. The second-order valence-electron chi connectivity index (χ2n) is 3.71. The van der Waals surface area contributed by atoms with Crippen molar-refractivity contribution in [2.75, 3.05) is 0 Å². The third-order valence-electron chi connectivity index (χ3n) is 2.25. The van der Waals surface area contributed by atoms with E-state index < -0.39 is 0 Å². The minimum absolute atomic E-state index is 0.457. The Bertz CT molecular complexity index is 171. The quantitative estimate of drug-likeness (QED) is 0.385. The molecule has 0 radical (unpaired) electrons. The maximum Gasteiger partial charge on any atom is 0.00970 e. The third kappa shape index (κ3) is 3.78. The van der Waals surface area contributed by atoms with E-state index in [0.717, 1.165) is 12.8 Å². The van der Waals surface area contributed by atoms with E-state index in [-0.39, 0.29) is 0 Å². The van der Waals surface area contributed by atoms with Crippen molar-refractivity contribution in [3.8, 4) is 11.8 Å². The minimum atomic E-state index is 0.457. The molecule has 0 aromatic rings. The van der Waals surface area contributed by atoms with Crippen LogP contribution in [0.1, 0.15) is 45.4 Å². The molecule has 0 saturated heterocycles. The molecule has 62 valence electrons. The van der Waals surface area contributed by atoms with E-state index in [0.29, 0.717) is 5.16 Å². The second-order valence-corrected chi connectivity index (χ2v) is 5.11. The zero-order valence-electron chi connectivity index (χ0n) is 7.32. The first-order chi connectivity index (χ1) is 5.21. The van der Waals surface area contributed by atoms with E-state index in [1.54, 1.807) is 0 Å². The number of rotatable bonds is 0. The van der Waals surface area contributed by atoms with Gasteiger partial charge in [-0.15, -0.1) is 21.1 Å². The van der Waals surface area contributed by atoms with Gasteiger partial charge in [-0.25, -0.2) is 0 Å². The van der Waals surface area contributed by atoms with Gasteiger partial charge in [0.1, 0.15) is 0 Å². The Morgan fingerprint density at radius 3 is 2.64 bits per heavy atom. The van der Waals surface area contributed by atoms with Gasteiger partial charge in [0.05, 0.1) is 0 Å². The van der Waals surface area contributed by atoms with Crippen molar-refractivity contribution in [1.29, 1.82) is 0 Å². The summed E-state index contributed by atoms with van der Waals surface area (Å²) in [5.41, 5.74) is 0. The molecule has 0 aromatic carbocycles. The van der Waals surface area contributed by atoms with Gasteiger partial charge >= 0.3 is 0 Å². The second kappa shape index (κ2) is 4.13. The lowest BCUT2D eigenvalue weighted by molar-refractivity contribution is 0.522. The van der Waals surface area contributed by atoms with E-state index in [1.165, 1.54) is 25.7 Å². The minimum Gasteiger partial charge on any atom is -0.131 e. The molecule has 2 unspecified atom stereocenters. The van der Waals surface area contributed by atoms with Crippen LogP contribution in [0.5, 0.6) is 0 Å². The van der Waals surface area contributed by atoms with Crippen LogP contribution < -0.4 is 0 Å². The average Bonchev–Trinajstić information content (AvgIpc) is 2.00. The molecule has 1 aliphatic rings. The van der Waals surface area contributed by atoms with Crippen LogP contribution in [0.15, 0.2) is 0 Å². The molecule has 0 nitrogen and oxygen atoms in total. The molecule has 0 bridgehead atoms. The maximum absolute atomic E-state index is 3.22. The van der Waals surface area contributed by atoms with Crippen LogP contribution in [-0.4, -0.2) is 5.16 Å². The van der Waals surface area contributed by atoms with E-state index in [2.05, 4.69) is 28.0 Å². The molecule has 0 aromatic heterocycles. The Hall–Kier alpha value is -0.0100. The van der Waals surface area contributed by atoms with E-state index in [1.807, 2.05) is 0 Å². The maximum atomic E-state index is 3.22. The first kappa shape index (κ1) is 9.08. The van der Waals surface area contributed by atoms with Gasteiger partial charge in [0, 0.05) is 12.8 Å². The number of hydrogen-bond donors (Lipinski definition) is 0. The highest BCUT2D eigenvalue weighted by molar-refractivity contribution is 7.18. The van der Waals surface area contributed by atoms with Crippen LogP contribution in [-0.2, 0) is 0 Å². The first-order valence-corrected chi connectivity index (χ1v) is 5.03. The summed E-state index contributed by atoms with van der Waals surface area (Å²) in [6.45, 7) is 2.32. The van der Waals surface area contributed by atoms with Gasteiger partial charge in [0.25, 0.3) is 0 Å². The SMILES string of the molecule is CC1(P)CCC#CCCCC1. The Morgan fingerprint density at radius 2 is 1.82 bits per heavy atom. The van der Waals surface area contributed by atoms with Crippen molar-refractivity contribution >= 4 is 9.24 Å². The Balaban J connectivity index is 2.44. The average molecular weight is 168 g/mol. The Morgan fingerprint density at radius 1 is 1.09 bits per heavy atom. The monoisotopic (exact) mass is 168 g/mol. The summed E-state index contributed by atoms with van der Waals surface area (Å²) in [6.07, 6.45) is 7.40. The fourth-order valence-electron chi connectivity index (χ4n) is 1.39. The molecule has 0 aliphatic heterocycles. The highest BCUT2D eigenvalue weighted by Crippen LogP contribution is 2.30. The molecule has 1 aliphatic carbocycles. The van der Waals surface area contributed by atoms with Crippen LogP contribution in [0.4, 0.5) is 0 Å². The van der Waals surface area contributed by atoms with Crippen molar-refractivity contribution in [2.24, 2.45) is 0 Å². The molecule has 0 heterocycles. The summed E-state index contributed by atoms with van der Waals surface area (Å²) in [6, 6.07) is 0. The van der Waals surface area contributed by atoms with Crippen LogP contribution >= 0.6 is 9.24 Å². The Kier molecular flexibility index (Phi) is 3.41. The molecule has 0 fully saturated rings. The standard InChI is InChI=1S/C10H17P/c1-10(11)8-6-4-2-3-5-7-9-10/h2,4,6-9,11H2,1H3. The largest absolute Gasteiger partial charge is 0.131 e. The van der Waals surface area contributed by atoms with Gasteiger partial charge in [-0.05, 0) is 24.4 Å². The summed E-state index contributed by atoms with van der Waals surface area (Å²) in [7, 11) is 2.98. The fourth-order valence-corrected chi connectivity index (χ4v) is 1.74. The lowest BCUT2D eigenvalue weighted by atomic mass is 9.98. The lowest BCUT2D eigenvalue weighted by Crippen LogP contribution is -2.14. The summed E-state index contributed by atoms with van der Waals surface area (Å²) in [5, 5.41) is 0.457. The molecule has 2 atom stereocenters. The van der Waals surface area contributed by atoms with Crippen molar-refractivity contribution in [1.82, 2.24) is 0 Å². The molecule has 11 heavy (non-hydrogen) atoms. The zero-order valence-corrected chi connectivity index (χ0v) is 8.47. The highest BCUT2D eigenvalue weighted by Gasteiger charge is 2.16. The third-order valence-corrected chi connectivity index (χ3v) is 2.82. The summed E-state index contributed by atoms with van der Waals surface area (Å²) >= 11 is 0. The molecule has 1 rings (SSSR count). The van der Waals surface area contributed by atoms with Crippen LogP contribution in [0, 0.1) is 11.8 Å². The van der Waals surface area contributed by atoms with Crippen LogP contribution in [0.25, 0.3) is 0 Å². The van der Waals surface area contributed by atoms with Gasteiger partial charge in [-0.3, -0.25) is 0 Å². The van der Waals surface area contributed by atoms with E-state index in [4.69, 9.17) is 0 Å². The van der Waals surface area contributed by atoms with Crippen molar-refractivity contribution in [3.63, 3.8) is 0 Å². The highest BCUT2D eigenvalue weighted by atomic mass is 31.0. The molecule has 1 heteroatoms. The number of hydrogen-bond acceptors (Lipinski definition) is 0. The van der Waals surface area contributed by atoms with E-state index >= 15 is 0 Å². The lowest BCUT2D eigenvalue weighted by Gasteiger charge is -2.22. The molecule has 0 amide bonds. The first-order valence-electron chi connectivity index (χ1n) is 4.45. The zero-order chi connectivity index (χ0) is 8.16. The van der Waals surface area contributed by atoms with Crippen LogP contribution in [0.2, 0.25) is 0 Å². The van der Waals surface area contributed by atoms with Gasteiger partial charge < -0.3 is 0 Å². The van der Waals surface area contributed by atoms with E-state index in [9.17, 15) is 0 Å². The summed E-state index contributed by atoms with van der Waals surface area (Å²) in [5.74, 6) is 6.43. The van der Waals surface area contributed by atoms with Gasteiger partial charge in [-0.1, -0.05) is 13.3 Å². The predicted octanol–water partition coefficient (Wildman–Crippen LogP) is 2.98.